The van der Waals surface area contributed by atoms with E-state index in [1.165, 1.54) is 0 Å². The van der Waals surface area contributed by atoms with Crippen molar-refractivity contribution in [2.24, 2.45) is 0 Å². The van der Waals surface area contributed by atoms with E-state index < -0.39 is 0 Å². The summed E-state index contributed by atoms with van der Waals surface area (Å²) in [6.45, 7) is 4.08. The third-order valence-corrected chi connectivity index (χ3v) is 3.28. The molecule has 2 aromatic carbocycles. The minimum atomic E-state index is 0.432. The Hall–Kier alpha value is -2.29. The molecule has 0 amide bonds. The van der Waals surface area contributed by atoms with Gasteiger partial charge in [0.2, 0.25) is 0 Å². The summed E-state index contributed by atoms with van der Waals surface area (Å²) in [6.07, 6.45) is 0.770. The molecule has 0 aliphatic carbocycles. The molecule has 0 atom stereocenters. The lowest BCUT2D eigenvalue weighted by molar-refractivity contribution is 0.112. The Morgan fingerprint density at radius 2 is 1.79 bits per heavy atom. The molecule has 0 heterocycles. The highest BCUT2D eigenvalue weighted by Gasteiger charge is 2.13. The summed E-state index contributed by atoms with van der Waals surface area (Å²) in [5.74, 6) is 0.681. The van der Waals surface area contributed by atoms with Crippen LogP contribution in [0.15, 0.2) is 30.3 Å². The predicted molar refractivity (Wildman–Crippen MR) is 77.7 cm³/mol. The fraction of sp³-hybridized carbons (Fsp3) is 0.188. The molecule has 0 aliphatic heterocycles. The number of methoxy groups -OCH3 is 1. The van der Waals surface area contributed by atoms with Crippen molar-refractivity contribution in [3.8, 4) is 16.9 Å². The van der Waals surface area contributed by atoms with Gasteiger partial charge in [-0.1, -0.05) is 18.2 Å². The number of carbonyl (C=O) groups is 1. The monoisotopic (exact) mass is 255 g/mol. The third kappa shape index (κ3) is 2.32. The SMILES string of the molecule is COc1cc(N)c(C=O)cc1-c1c(C)cccc1C. The first kappa shape index (κ1) is 13.1. The van der Waals surface area contributed by atoms with Crippen LogP contribution in [0.4, 0.5) is 5.69 Å². The maximum atomic E-state index is 11.1. The van der Waals surface area contributed by atoms with Crippen LogP contribution in [0.25, 0.3) is 11.1 Å². The molecule has 0 unspecified atom stereocenters. The predicted octanol–water partition coefficient (Wildman–Crippen LogP) is 3.37. The van der Waals surface area contributed by atoms with E-state index in [0.29, 0.717) is 17.0 Å². The van der Waals surface area contributed by atoms with E-state index in [9.17, 15) is 4.79 Å². The van der Waals surface area contributed by atoms with Crippen LogP contribution in [0, 0.1) is 13.8 Å². The van der Waals surface area contributed by atoms with Crippen LogP contribution < -0.4 is 10.5 Å². The minimum absolute atomic E-state index is 0.432. The van der Waals surface area contributed by atoms with E-state index in [1.54, 1.807) is 19.2 Å². The van der Waals surface area contributed by atoms with Crippen molar-refractivity contribution in [3.63, 3.8) is 0 Å². The Kier molecular flexibility index (Phi) is 3.56. The van der Waals surface area contributed by atoms with Crippen LogP contribution in [-0.2, 0) is 0 Å². The molecule has 3 heteroatoms. The van der Waals surface area contributed by atoms with Crippen LogP contribution in [0.1, 0.15) is 21.5 Å². The number of nitrogens with two attached hydrogens (primary N) is 1. The number of aryl methyl sites for hydroxylation is 2. The third-order valence-electron chi connectivity index (χ3n) is 3.28. The Bertz CT molecular complexity index is 613. The maximum absolute atomic E-state index is 11.1. The zero-order chi connectivity index (χ0) is 14.0. The van der Waals surface area contributed by atoms with Crippen molar-refractivity contribution >= 4 is 12.0 Å². The van der Waals surface area contributed by atoms with Crippen LogP contribution in [0.2, 0.25) is 0 Å². The van der Waals surface area contributed by atoms with E-state index in [1.807, 2.05) is 32.0 Å². The summed E-state index contributed by atoms with van der Waals surface area (Å²) >= 11 is 0. The molecule has 2 rings (SSSR count). The lowest BCUT2D eigenvalue weighted by Gasteiger charge is -2.15. The molecule has 98 valence electrons. The number of anilines is 1. The Morgan fingerprint density at radius 1 is 1.16 bits per heavy atom. The first-order chi connectivity index (χ1) is 9.08. The normalized spacial score (nSPS) is 10.3. The van der Waals surface area contributed by atoms with E-state index in [0.717, 1.165) is 28.5 Å². The summed E-state index contributed by atoms with van der Waals surface area (Å²) in [4.78, 5) is 11.1. The second-order valence-corrected chi connectivity index (χ2v) is 4.57. The summed E-state index contributed by atoms with van der Waals surface area (Å²) in [6, 6.07) is 9.58. The van der Waals surface area contributed by atoms with E-state index in [2.05, 4.69) is 0 Å². The average molecular weight is 255 g/mol. The van der Waals surface area contributed by atoms with Crippen LogP contribution in [0.3, 0.4) is 0 Å². The summed E-state index contributed by atoms with van der Waals surface area (Å²) in [7, 11) is 1.60. The van der Waals surface area contributed by atoms with Gasteiger partial charge in [0.1, 0.15) is 5.75 Å². The standard InChI is InChI=1S/C16H17NO2/c1-10-5-4-6-11(2)16(10)13-7-12(9-18)14(17)8-15(13)19-3/h4-9H,17H2,1-3H3. The minimum Gasteiger partial charge on any atom is -0.496 e. The molecule has 0 bridgehead atoms. The Labute approximate surface area is 113 Å². The van der Waals surface area contributed by atoms with Crippen molar-refractivity contribution in [1.29, 1.82) is 0 Å². The van der Waals surface area contributed by atoms with Gasteiger partial charge in [0, 0.05) is 22.9 Å². The van der Waals surface area contributed by atoms with E-state index in [4.69, 9.17) is 10.5 Å². The summed E-state index contributed by atoms with van der Waals surface area (Å²) in [5, 5.41) is 0. The molecule has 3 nitrogen and oxygen atoms in total. The highest BCUT2D eigenvalue weighted by Crippen LogP contribution is 2.37. The first-order valence-corrected chi connectivity index (χ1v) is 6.07. The Balaban J connectivity index is 2.77. The van der Waals surface area contributed by atoms with Gasteiger partial charge in [-0.3, -0.25) is 4.79 Å². The zero-order valence-corrected chi connectivity index (χ0v) is 11.4. The molecule has 0 aliphatic rings. The van der Waals surface area contributed by atoms with Gasteiger partial charge in [-0.15, -0.1) is 0 Å². The summed E-state index contributed by atoms with van der Waals surface area (Å²) < 4.78 is 5.39. The molecule has 0 radical (unpaired) electrons. The van der Waals surface area contributed by atoms with Gasteiger partial charge in [0.15, 0.2) is 6.29 Å². The lowest BCUT2D eigenvalue weighted by Crippen LogP contribution is -1.98. The van der Waals surface area contributed by atoms with Gasteiger partial charge in [-0.2, -0.15) is 0 Å². The van der Waals surface area contributed by atoms with Gasteiger partial charge in [0.25, 0.3) is 0 Å². The largest absolute Gasteiger partial charge is 0.496 e. The molecule has 19 heavy (non-hydrogen) atoms. The van der Waals surface area contributed by atoms with Gasteiger partial charge in [0.05, 0.1) is 7.11 Å². The molecule has 2 N–H and O–H groups in total. The number of benzene rings is 2. The number of carbonyl (C=O) groups excluding carboxylic acids is 1. The number of hydrogen-bond donors (Lipinski definition) is 1. The Morgan fingerprint density at radius 3 is 2.32 bits per heavy atom. The summed E-state index contributed by atoms with van der Waals surface area (Å²) in [5.41, 5.74) is 11.0. The van der Waals surface area contributed by atoms with Gasteiger partial charge in [-0.25, -0.2) is 0 Å². The molecule has 2 aromatic rings. The number of aldehydes is 1. The number of ether oxygens (including phenoxy) is 1. The fourth-order valence-electron chi connectivity index (χ4n) is 2.32. The van der Waals surface area contributed by atoms with Crippen molar-refractivity contribution in [1.82, 2.24) is 0 Å². The van der Waals surface area contributed by atoms with Crippen molar-refractivity contribution < 1.29 is 9.53 Å². The molecule has 0 spiro atoms. The molecule has 0 saturated carbocycles. The van der Waals surface area contributed by atoms with E-state index in [-0.39, 0.29) is 0 Å². The second kappa shape index (κ2) is 5.14. The number of rotatable bonds is 3. The van der Waals surface area contributed by atoms with Gasteiger partial charge < -0.3 is 10.5 Å². The molecular formula is C16H17NO2. The maximum Gasteiger partial charge on any atom is 0.152 e. The first-order valence-electron chi connectivity index (χ1n) is 6.07. The number of hydrogen-bond acceptors (Lipinski definition) is 3. The molecule has 0 aromatic heterocycles. The van der Waals surface area contributed by atoms with Gasteiger partial charge >= 0.3 is 0 Å². The second-order valence-electron chi connectivity index (χ2n) is 4.57. The smallest absolute Gasteiger partial charge is 0.152 e. The molecular weight excluding hydrogens is 238 g/mol. The highest BCUT2D eigenvalue weighted by molar-refractivity contribution is 5.89. The quantitative estimate of drug-likeness (QED) is 0.675. The van der Waals surface area contributed by atoms with Crippen LogP contribution in [0.5, 0.6) is 5.75 Å². The fourth-order valence-corrected chi connectivity index (χ4v) is 2.32. The van der Waals surface area contributed by atoms with E-state index >= 15 is 0 Å². The van der Waals surface area contributed by atoms with Crippen molar-refractivity contribution in [2.45, 2.75) is 13.8 Å². The molecule has 0 fully saturated rings. The topological polar surface area (TPSA) is 52.3 Å². The number of nitrogen functional groups attached to an aromatic ring is 1. The average Bonchev–Trinajstić information content (AvgIpc) is 2.39. The van der Waals surface area contributed by atoms with Crippen LogP contribution in [-0.4, -0.2) is 13.4 Å². The van der Waals surface area contributed by atoms with Crippen LogP contribution >= 0.6 is 0 Å². The van der Waals surface area contributed by atoms with Gasteiger partial charge in [-0.05, 0) is 36.6 Å². The highest BCUT2D eigenvalue weighted by atomic mass is 16.5. The zero-order valence-electron chi connectivity index (χ0n) is 11.4. The molecule has 0 saturated heterocycles. The lowest BCUT2D eigenvalue weighted by atomic mass is 9.93. The van der Waals surface area contributed by atoms with Crippen molar-refractivity contribution in [3.05, 3.63) is 47.0 Å². The van der Waals surface area contributed by atoms with Crippen molar-refractivity contribution in [2.75, 3.05) is 12.8 Å².